The lowest BCUT2D eigenvalue weighted by Crippen LogP contribution is -2.38. The van der Waals surface area contributed by atoms with Gasteiger partial charge in [0.15, 0.2) is 11.5 Å². The van der Waals surface area contributed by atoms with Crippen LogP contribution in [0.5, 0.6) is 11.5 Å². The van der Waals surface area contributed by atoms with E-state index < -0.39 is 0 Å². The lowest BCUT2D eigenvalue weighted by atomic mass is 10.1. The van der Waals surface area contributed by atoms with E-state index in [4.69, 9.17) is 14.2 Å². The number of hydrogen-bond donors (Lipinski definition) is 0. The Hall–Kier alpha value is -1.42. The molecule has 4 nitrogen and oxygen atoms in total. The molecule has 1 aromatic carbocycles. The van der Waals surface area contributed by atoms with E-state index in [9.17, 15) is 0 Å². The number of anilines is 1. The second kappa shape index (κ2) is 17.0. The van der Waals surface area contributed by atoms with Gasteiger partial charge in [0.1, 0.15) is 0 Å². The van der Waals surface area contributed by atoms with Crippen LogP contribution in [-0.2, 0) is 4.74 Å². The van der Waals surface area contributed by atoms with Crippen molar-refractivity contribution in [2.75, 3.05) is 32.3 Å². The van der Waals surface area contributed by atoms with Gasteiger partial charge < -0.3 is 19.1 Å². The van der Waals surface area contributed by atoms with Crippen LogP contribution in [0.25, 0.3) is 0 Å². The summed E-state index contributed by atoms with van der Waals surface area (Å²) >= 11 is 0. The Bertz CT molecular complexity index is 435. The van der Waals surface area contributed by atoms with Gasteiger partial charge in [-0.3, -0.25) is 0 Å². The van der Waals surface area contributed by atoms with Gasteiger partial charge >= 0.3 is 0 Å². The molecule has 1 rings (SSSR count). The maximum absolute atomic E-state index is 5.88. The molecule has 0 spiro atoms. The number of methoxy groups -OCH3 is 2. The summed E-state index contributed by atoms with van der Waals surface area (Å²) in [4.78, 5) is 2.42. The molecule has 0 amide bonds. The van der Waals surface area contributed by atoms with Crippen LogP contribution in [0.4, 0.5) is 5.69 Å². The smallest absolute Gasteiger partial charge is 0.163 e. The molecule has 0 aliphatic heterocycles. The molecule has 0 unspecified atom stereocenters. The van der Waals surface area contributed by atoms with Gasteiger partial charge in [0.25, 0.3) is 0 Å². The van der Waals surface area contributed by atoms with Gasteiger partial charge in [-0.05, 0) is 39.3 Å². The fraction of sp³-hybridized carbons (Fsp3) is 0.727. The van der Waals surface area contributed by atoms with Gasteiger partial charge in [-0.15, -0.1) is 0 Å². The standard InChI is InChI=1S/C18H31NO3.2C2H6/c1-7-15(4)19(14(2)3)16-9-10-17(21-6)18(13-16)22-12-8-11-20-5;2*1-2/h9-10,13-15H,7-8,11-12H2,1-6H3;2*1-2H3/t15-;;/m1../s1. The van der Waals surface area contributed by atoms with Crippen LogP contribution in [0, 0.1) is 0 Å². The highest BCUT2D eigenvalue weighted by Gasteiger charge is 2.18. The van der Waals surface area contributed by atoms with E-state index in [2.05, 4.69) is 44.7 Å². The molecule has 0 fully saturated rings. The van der Waals surface area contributed by atoms with E-state index in [1.807, 2.05) is 33.8 Å². The molecular weight excluding hydrogens is 326 g/mol. The monoisotopic (exact) mass is 369 g/mol. The summed E-state index contributed by atoms with van der Waals surface area (Å²) < 4.78 is 16.3. The lowest BCUT2D eigenvalue weighted by molar-refractivity contribution is 0.170. The van der Waals surface area contributed by atoms with Crippen molar-refractivity contribution in [1.29, 1.82) is 0 Å². The second-order valence-electron chi connectivity index (χ2n) is 5.79. The van der Waals surface area contributed by atoms with Crippen LogP contribution >= 0.6 is 0 Å². The first-order chi connectivity index (χ1) is 12.5. The molecule has 0 bridgehead atoms. The molecule has 4 heteroatoms. The predicted octanol–water partition coefficient (Wildman–Crippen LogP) is 6.18. The highest BCUT2D eigenvalue weighted by atomic mass is 16.5. The largest absolute Gasteiger partial charge is 0.493 e. The Kier molecular flexibility index (Phi) is 17.5. The first-order valence-corrected chi connectivity index (χ1v) is 10.1. The Morgan fingerprint density at radius 2 is 1.54 bits per heavy atom. The van der Waals surface area contributed by atoms with E-state index in [1.54, 1.807) is 14.2 Å². The fourth-order valence-electron chi connectivity index (χ4n) is 2.58. The normalized spacial score (nSPS) is 10.9. The molecule has 154 valence electrons. The summed E-state index contributed by atoms with van der Waals surface area (Å²) in [5, 5.41) is 0. The predicted molar refractivity (Wildman–Crippen MR) is 115 cm³/mol. The first kappa shape index (κ1) is 26.8. The van der Waals surface area contributed by atoms with E-state index in [-0.39, 0.29) is 0 Å². The molecule has 0 saturated carbocycles. The van der Waals surface area contributed by atoms with Gasteiger partial charge in [-0.25, -0.2) is 0 Å². The third-order valence-electron chi connectivity index (χ3n) is 3.82. The molecule has 0 aromatic heterocycles. The van der Waals surface area contributed by atoms with Crippen molar-refractivity contribution in [2.45, 2.75) is 80.3 Å². The number of benzene rings is 1. The highest BCUT2D eigenvalue weighted by molar-refractivity contribution is 5.57. The molecule has 0 aliphatic rings. The second-order valence-corrected chi connectivity index (χ2v) is 5.79. The molecule has 0 aliphatic carbocycles. The van der Waals surface area contributed by atoms with Crippen molar-refractivity contribution in [2.24, 2.45) is 0 Å². The van der Waals surface area contributed by atoms with Crippen LogP contribution in [0.15, 0.2) is 18.2 Å². The maximum Gasteiger partial charge on any atom is 0.163 e. The third-order valence-corrected chi connectivity index (χ3v) is 3.82. The average Bonchev–Trinajstić information content (AvgIpc) is 2.68. The zero-order chi connectivity index (χ0) is 20.5. The fourth-order valence-corrected chi connectivity index (χ4v) is 2.58. The minimum atomic E-state index is 0.435. The highest BCUT2D eigenvalue weighted by Crippen LogP contribution is 2.33. The van der Waals surface area contributed by atoms with E-state index in [1.165, 1.54) is 5.69 Å². The van der Waals surface area contributed by atoms with Gasteiger partial charge in [0.2, 0.25) is 0 Å². The Labute approximate surface area is 162 Å². The number of nitrogens with zero attached hydrogens (tertiary/aromatic N) is 1. The Morgan fingerprint density at radius 3 is 2.00 bits per heavy atom. The van der Waals surface area contributed by atoms with Crippen LogP contribution in [0.2, 0.25) is 0 Å². The lowest BCUT2D eigenvalue weighted by Gasteiger charge is -2.35. The molecule has 0 N–H and O–H groups in total. The van der Waals surface area contributed by atoms with Crippen molar-refractivity contribution < 1.29 is 14.2 Å². The molecule has 26 heavy (non-hydrogen) atoms. The van der Waals surface area contributed by atoms with Crippen molar-refractivity contribution in [1.82, 2.24) is 0 Å². The summed E-state index contributed by atoms with van der Waals surface area (Å²) in [5.41, 5.74) is 1.17. The van der Waals surface area contributed by atoms with Crippen molar-refractivity contribution in [3.05, 3.63) is 18.2 Å². The van der Waals surface area contributed by atoms with E-state index in [0.717, 1.165) is 24.3 Å². The summed E-state index contributed by atoms with van der Waals surface area (Å²) in [6, 6.07) is 7.09. The van der Waals surface area contributed by atoms with Gasteiger partial charge in [0.05, 0.1) is 13.7 Å². The summed E-state index contributed by atoms with van der Waals surface area (Å²) in [5.74, 6) is 1.57. The Balaban J connectivity index is 0. The average molecular weight is 370 g/mol. The zero-order valence-corrected chi connectivity index (χ0v) is 18.9. The van der Waals surface area contributed by atoms with E-state index in [0.29, 0.717) is 25.3 Å². The van der Waals surface area contributed by atoms with Crippen molar-refractivity contribution in [3.8, 4) is 11.5 Å². The van der Waals surface area contributed by atoms with Crippen LogP contribution in [0.1, 0.15) is 68.2 Å². The SMILES string of the molecule is CC.CC.CC[C@@H](C)N(c1ccc(OC)c(OCCCOC)c1)C(C)C. The molecule has 0 radical (unpaired) electrons. The first-order valence-electron chi connectivity index (χ1n) is 10.1. The minimum Gasteiger partial charge on any atom is -0.493 e. The van der Waals surface area contributed by atoms with Crippen LogP contribution in [-0.4, -0.2) is 39.5 Å². The van der Waals surface area contributed by atoms with E-state index >= 15 is 0 Å². The van der Waals surface area contributed by atoms with Crippen LogP contribution in [0.3, 0.4) is 0 Å². The minimum absolute atomic E-state index is 0.435. The topological polar surface area (TPSA) is 30.9 Å². The van der Waals surface area contributed by atoms with Gasteiger partial charge in [-0.1, -0.05) is 34.6 Å². The molecular formula is C22H43NO3. The summed E-state index contributed by atoms with van der Waals surface area (Å²) in [7, 11) is 3.37. The third kappa shape index (κ3) is 9.33. The maximum atomic E-state index is 5.88. The molecule has 1 aromatic rings. The quantitative estimate of drug-likeness (QED) is 0.461. The molecule has 0 heterocycles. The zero-order valence-electron chi connectivity index (χ0n) is 18.9. The summed E-state index contributed by atoms with van der Waals surface area (Å²) in [6.45, 7) is 18.2. The number of ether oxygens (including phenoxy) is 3. The number of rotatable bonds is 10. The summed E-state index contributed by atoms with van der Waals surface area (Å²) in [6.07, 6.45) is 1.97. The van der Waals surface area contributed by atoms with Crippen molar-refractivity contribution in [3.63, 3.8) is 0 Å². The van der Waals surface area contributed by atoms with Crippen LogP contribution < -0.4 is 14.4 Å². The Morgan fingerprint density at radius 1 is 0.923 bits per heavy atom. The van der Waals surface area contributed by atoms with Gasteiger partial charge in [-0.2, -0.15) is 0 Å². The number of hydrogen-bond acceptors (Lipinski definition) is 4. The van der Waals surface area contributed by atoms with Crippen molar-refractivity contribution >= 4 is 5.69 Å². The molecule has 1 atom stereocenters. The molecule has 0 saturated heterocycles. The van der Waals surface area contributed by atoms with Gasteiger partial charge in [0, 0.05) is 44.0 Å².